The lowest BCUT2D eigenvalue weighted by Gasteiger charge is -2.24. The molecule has 1 heterocycles. The van der Waals surface area contributed by atoms with Crippen LogP contribution in [0, 0.1) is 10.1 Å². The molecule has 0 fully saturated rings. The summed E-state index contributed by atoms with van der Waals surface area (Å²) in [6, 6.07) is 12.0. The van der Waals surface area contributed by atoms with Crippen LogP contribution >= 0.6 is 0 Å². The maximum Gasteiger partial charge on any atom is 0.406 e. The standard InChI is InChI=1S/C21H19F3N4O4/c22-21(23,24)13-27(12-14-6-1-4-9-17(14)28(31)32)19(29)11-5-10-18-25-16-8-3-2-7-15(16)20(30)26-18/h1-4,6-9H,5,10-13H2,(H,25,26,30). The van der Waals surface area contributed by atoms with E-state index < -0.39 is 30.1 Å². The minimum Gasteiger partial charge on any atom is -0.329 e. The van der Waals surface area contributed by atoms with Crippen LogP contribution in [0.1, 0.15) is 24.2 Å². The number of nitrogens with zero attached hydrogens (tertiary/aromatic N) is 3. The Kier molecular flexibility index (Phi) is 6.86. The van der Waals surface area contributed by atoms with Gasteiger partial charge in [-0.15, -0.1) is 0 Å². The number of amides is 1. The zero-order valence-electron chi connectivity index (χ0n) is 16.8. The van der Waals surface area contributed by atoms with Gasteiger partial charge in [0, 0.05) is 24.5 Å². The highest BCUT2D eigenvalue weighted by Crippen LogP contribution is 2.23. The first kappa shape index (κ1) is 22.9. The molecule has 0 saturated carbocycles. The molecule has 0 aliphatic heterocycles. The van der Waals surface area contributed by atoms with Gasteiger partial charge < -0.3 is 9.88 Å². The van der Waals surface area contributed by atoms with Crippen LogP contribution in [0.3, 0.4) is 0 Å². The van der Waals surface area contributed by atoms with Gasteiger partial charge in [0.25, 0.3) is 11.2 Å². The Bertz CT molecular complexity index is 1190. The Morgan fingerprint density at radius 1 is 1.12 bits per heavy atom. The summed E-state index contributed by atoms with van der Waals surface area (Å²) in [5.41, 5.74) is -0.208. The van der Waals surface area contributed by atoms with E-state index in [1.807, 2.05) is 0 Å². The molecule has 0 aliphatic carbocycles. The quantitative estimate of drug-likeness (QED) is 0.417. The van der Waals surface area contributed by atoms with Crippen LogP contribution < -0.4 is 5.56 Å². The highest BCUT2D eigenvalue weighted by molar-refractivity contribution is 5.77. The van der Waals surface area contributed by atoms with Crippen LogP contribution in [0.5, 0.6) is 0 Å². The Morgan fingerprint density at radius 2 is 1.81 bits per heavy atom. The number of rotatable bonds is 8. The summed E-state index contributed by atoms with van der Waals surface area (Å²) in [6.45, 7) is -2.07. The van der Waals surface area contributed by atoms with Crippen LogP contribution in [0.15, 0.2) is 53.3 Å². The summed E-state index contributed by atoms with van der Waals surface area (Å²) in [4.78, 5) is 42.6. The third kappa shape index (κ3) is 5.90. The summed E-state index contributed by atoms with van der Waals surface area (Å²) < 4.78 is 39.1. The smallest absolute Gasteiger partial charge is 0.329 e. The van der Waals surface area contributed by atoms with Gasteiger partial charge in [-0.05, 0) is 18.6 Å². The normalized spacial score (nSPS) is 11.5. The molecule has 0 radical (unpaired) electrons. The van der Waals surface area contributed by atoms with Crippen LogP contribution in [0.2, 0.25) is 0 Å². The van der Waals surface area contributed by atoms with Crippen LogP contribution in [-0.2, 0) is 17.8 Å². The van der Waals surface area contributed by atoms with Gasteiger partial charge in [0.2, 0.25) is 5.91 Å². The molecule has 2 aromatic carbocycles. The number of aryl methyl sites for hydroxylation is 1. The number of nitro groups is 1. The first-order chi connectivity index (χ1) is 15.1. The molecular weight excluding hydrogens is 429 g/mol. The van der Waals surface area contributed by atoms with Crippen molar-refractivity contribution in [2.75, 3.05) is 6.54 Å². The van der Waals surface area contributed by atoms with Gasteiger partial charge in [0.15, 0.2) is 0 Å². The zero-order valence-corrected chi connectivity index (χ0v) is 16.8. The number of carbonyl (C=O) groups excluding carboxylic acids is 1. The number of alkyl halides is 3. The van der Waals surface area contributed by atoms with Crippen molar-refractivity contribution >= 4 is 22.5 Å². The van der Waals surface area contributed by atoms with Crippen LogP contribution in [-0.4, -0.2) is 38.4 Å². The van der Waals surface area contributed by atoms with Crippen molar-refractivity contribution in [3.05, 3.63) is 80.4 Å². The number of nitrogens with one attached hydrogen (secondary N) is 1. The molecule has 0 bridgehead atoms. The van der Waals surface area contributed by atoms with E-state index in [9.17, 15) is 32.9 Å². The highest BCUT2D eigenvalue weighted by atomic mass is 19.4. The number of aromatic amines is 1. The molecule has 0 saturated heterocycles. The van der Waals surface area contributed by atoms with Crippen molar-refractivity contribution < 1.29 is 22.9 Å². The molecule has 11 heteroatoms. The van der Waals surface area contributed by atoms with E-state index in [1.165, 1.54) is 24.3 Å². The van der Waals surface area contributed by atoms with Gasteiger partial charge in [-0.1, -0.05) is 30.3 Å². The number of hydrogen-bond acceptors (Lipinski definition) is 5. The number of para-hydroxylation sites is 2. The van der Waals surface area contributed by atoms with E-state index >= 15 is 0 Å². The maximum atomic E-state index is 13.0. The molecule has 32 heavy (non-hydrogen) atoms. The number of benzene rings is 2. The number of H-pyrrole nitrogens is 1. The summed E-state index contributed by atoms with van der Waals surface area (Å²) in [5.74, 6) is -0.480. The summed E-state index contributed by atoms with van der Waals surface area (Å²) in [5, 5.41) is 11.6. The lowest BCUT2D eigenvalue weighted by Crippen LogP contribution is -2.38. The Hall–Kier alpha value is -3.76. The average molecular weight is 448 g/mol. The molecule has 8 nitrogen and oxygen atoms in total. The monoisotopic (exact) mass is 448 g/mol. The van der Waals surface area contributed by atoms with Gasteiger partial charge in [-0.3, -0.25) is 19.7 Å². The number of nitro benzene ring substituents is 1. The molecule has 0 aliphatic rings. The van der Waals surface area contributed by atoms with Crippen molar-refractivity contribution in [1.82, 2.24) is 14.9 Å². The van der Waals surface area contributed by atoms with Crippen molar-refractivity contribution in [2.24, 2.45) is 0 Å². The van der Waals surface area contributed by atoms with Gasteiger partial charge in [0.05, 0.1) is 22.4 Å². The van der Waals surface area contributed by atoms with E-state index in [0.29, 0.717) is 21.6 Å². The molecule has 1 amide bonds. The topological polar surface area (TPSA) is 109 Å². The highest BCUT2D eigenvalue weighted by Gasteiger charge is 2.33. The fourth-order valence-corrected chi connectivity index (χ4v) is 3.30. The zero-order chi connectivity index (χ0) is 23.3. The van der Waals surface area contributed by atoms with Crippen LogP contribution in [0.4, 0.5) is 18.9 Å². The Balaban J connectivity index is 1.70. The Morgan fingerprint density at radius 3 is 2.53 bits per heavy atom. The first-order valence-corrected chi connectivity index (χ1v) is 9.69. The lowest BCUT2D eigenvalue weighted by atomic mass is 10.1. The molecule has 168 valence electrons. The molecule has 0 spiro atoms. The fourth-order valence-electron chi connectivity index (χ4n) is 3.30. The minimum absolute atomic E-state index is 0.00984. The molecule has 1 aromatic heterocycles. The van der Waals surface area contributed by atoms with Crippen molar-refractivity contribution in [3.63, 3.8) is 0 Å². The second-order valence-electron chi connectivity index (χ2n) is 7.13. The number of hydrogen-bond donors (Lipinski definition) is 1. The molecule has 3 aromatic rings. The van der Waals surface area contributed by atoms with E-state index in [1.54, 1.807) is 24.3 Å². The predicted octanol–water partition coefficient (Wildman–Crippen LogP) is 3.75. The van der Waals surface area contributed by atoms with Crippen molar-refractivity contribution in [1.29, 1.82) is 0 Å². The lowest BCUT2D eigenvalue weighted by molar-refractivity contribution is -0.385. The molecular formula is C21H19F3N4O4. The second-order valence-corrected chi connectivity index (χ2v) is 7.13. The third-order valence-corrected chi connectivity index (χ3v) is 4.74. The van der Waals surface area contributed by atoms with Crippen LogP contribution in [0.25, 0.3) is 10.9 Å². The summed E-state index contributed by atoms with van der Waals surface area (Å²) in [7, 11) is 0. The molecule has 1 N–H and O–H groups in total. The number of carbonyl (C=O) groups is 1. The predicted molar refractivity (Wildman–Crippen MR) is 110 cm³/mol. The van der Waals surface area contributed by atoms with Gasteiger partial charge in [-0.25, -0.2) is 4.98 Å². The van der Waals surface area contributed by atoms with Crippen molar-refractivity contribution in [2.45, 2.75) is 32.0 Å². The van der Waals surface area contributed by atoms with Crippen molar-refractivity contribution in [3.8, 4) is 0 Å². The van der Waals surface area contributed by atoms with E-state index in [4.69, 9.17) is 0 Å². The number of halogens is 3. The third-order valence-electron chi connectivity index (χ3n) is 4.74. The van der Waals surface area contributed by atoms with Gasteiger partial charge in [-0.2, -0.15) is 13.2 Å². The maximum absolute atomic E-state index is 13.0. The molecule has 0 unspecified atom stereocenters. The van der Waals surface area contributed by atoms with Gasteiger partial charge in [0.1, 0.15) is 12.4 Å². The molecule has 0 atom stereocenters. The fraction of sp³-hybridized carbons (Fsp3) is 0.286. The summed E-state index contributed by atoms with van der Waals surface area (Å²) >= 11 is 0. The Labute approximate surface area is 179 Å². The van der Waals surface area contributed by atoms with Gasteiger partial charge >= 0.3 is 6.18 Å². The SMILES string of the molecule is O=C(CCCc1nc2ccccc2c(=O)[nH]1)N(Cc1ccccc1[N+](=O)[O-])CC(F)(F)F. The largest absolute Gasteiger partial charge is 0.406 e. The second kappa shape index (κ2) is 9.58. The first-order valence-electron chi connectivity index (χ1n) is 9.69. The summed E-state index contributed by atoms with van der Waals surface area (Å²) in [6.07, 6.45) is -4.58. The van der Waals surface area contributed by atoms with E-state index in [-0.39, 0.29) is 36.1 Å². The number of aromatic nitrogens is 2. The average Bonchev–Trinajstić information content (AvgIpc) is 2.72. The molecule has 3 rings (SSSR count). The van der Waals surface area contributed by atoms with E-state index in [2.05, 4.69) is 9.97 Å². The minimum atomic E-state index is -4.66. The van der Waals surface area contributed by atoms with E-state index in [0.717, 1.165) is 0 Å². The number of fused-ring (bicyclic) bond motifs is 1.